The quantitative estimate of drug-likeness (QED) is 0.411. The van der Waals surface area contributed by atoms with Gasteiger partial charge in [-0.25, -0.2) is 9.67 Å². The fourth-order valence-corrected chi connectivity index (χ4v) is 4.89. The van der Waals surface area contributed by atoms with E-state index in [0.717, 1.165) is 42.6 Å². The number of carbonyl (C=O) groups is 2. The number of rotatable bonds is 10. The van der Waals surface area contributed by atoms with Crippen LogP contribution in [0.5, 0.6) is 0 Å². The third-order valence-electron chi connectivity index (χ3n) is 6.72. The highest BCUT2D eigenvalue weighted by molar-refractivity contribution is 6.06. The first-order valence-electron chi connectivity index (χ1n) is 12.7. The number of benzene rings is 1. The minimum Gasteiger partial charge on any atom is -0.466 e. The second kappa shape index (κ2) is 11.4. The monoisotopic (exact) mass is 477 g/mol. The first kappa shape index (κ1) is 24.9. The Morgan fingerprint density at radius 1 is 1.14 bits per heavy atom. The van der Waals surface area contributed by atoms with Crippen LogP contribution in [-0.2, 0) is 16.1 Å². The van der Waals surface area contributed by atoms with Crippen molar-refractivity contribution in [3.8, 4) is 11.3 Å². The molecule has 0 aliphatic carbocycles. The summed E-state index contributed by atoms with van der Waals surface area (Å²) < 4.78 is 6.96. The molecule has 186 valence electrons. The molecule has 1 fully saturated rings. The van der Waals surface area contributed by atoms with Crippen molar-refractivity contribution in [2.24, 2.45) is 0 Å². The summed E-state index contributed by atoms with van der Waals surface area (Å²) in [5.41, 5.74) is 2.94. The molecule has 1 atom stereocenters. The normalized spacial score (nSPS) is 16.0. The first-order chi connectivity index (χ1) is 17.0. The summed E-state index contributed by atoms with van der Waals surface area (Å²) in [6.07, 6.45) is 4.07. The van der Waals surface area contributed by atoms with Crippen LogP contribution < -0.4 is 0 Å². The molecule has 0 saturated carbocycles. The van der Waals surface area contributed by atoms with Crippen molar-refractivity contribution >= 4 is 22.9 Å². The van der Waals surface area contributed by atoms with E-state index in [-0.39, 0.29) is 24.3 Å². The van der Waals surface area contributed by atoms with Gasteiger partial charge in [0.15, 0.2) is 5.65 Å². The molecular formula is C27H35N5O3. The number of hydrogen-bond donors (Lipinski definition) is 0. The molecule has 0 spiro atoms. The predicted molar refractivity (Wildman–Crippen MR) is 136 cm³/mol. The average Bonchev–Trinajstić information content (AvgIpc) is 3.52. The lowest BCUT2D eigenvalue weighted by molar-refractivity contribution is -0.143. The number of pyridine rings is 1. The Hall–Kier alpha value is -3.26. The van der Waals surface area contributed by atoms with Gasteiger partial charge in [0.1, 0.15) is 0 Å². The van der Waals surface area contributed by atoms with Gasteiger partial charge >= 0.3 is 5.97 Å². The maximum absolute atomic E-state index is 14.1. The van der Waals surface area contributed by atoms with E-state index in [9.17, 15) is 9.59 Å². The molecule has 4 rings (SSSR count). The molecule has 1 unspecified atom stereocenters. The van der Waals surface area contributed by atoms with Crippen LogP contribution >= 0.6 is 0 Å². The zero-order chi connectivity index (χ0) is 24.8. The number of carbonyl (C=O) groups excluding carboxylic acids is 2. The number of ether oxygens (including phenoxy) is 1. The van der Waals surface area contributed by atoms with Gasteiger partial charge in [0.2, 0.25) is 0 Å². The topological polar surface area (TPSA) is 80.6 Å². The van der Waals surface area contributed by atoms with Crippen LogP contribution in [0.25, 0.3) is 22.3 Å². The smallest absolute Gasteiger partial charge is 0.307 e. The Balaban J connectivity index is 1.72. The van der Waals surface area contributed by atoms with Crippen LogP contribution in [0.3, 0.4) is 0 Å². The maximum Gasteiger partial charge on any atom is 0.307 e. The van der Waals surface area contributed by atoms with Crippen molar-refractivity contribution in [3.63, 3.8) is 0 Å². The van der Waals surface area contributed by atoms with Crippen molar-refractivity contribution < 1.29 is 14.3 Å². The Kier molecular flexibility index (Phi) is 8.13. The second-order valence-electron chi connectivity index (χ2n) is 8.85. The summed E-state index contributed by atoms with van der Waals surface area (Å²) in [4.78, 5) is 35.3. The third kappa shape index (κ3) is 5.53. The summed E-state index contributed by atoms with van der Waals surface area (Å²) in [5.74, 6) is -0.384. The molecular weight excluding hydrogens is 442 g/mol. The highest BCUT2D eigenvalue weighted by Gasteiger charge is 2.29. The van der Waals surface area contributed by atoms with E-state index in [4.69, 9.17) is 9.72 Å². The van der Waals surface area contributed by atoms with Crippen molar-refractivity contribution in [2.45, 2.75) is 52.6 Å². The summed E-state index contributed by atoms with van der Waals surface area (Å²) >= 11 is 0. The Morgan fingerprint density at radius 2 is 1.94 bits per heavy atom. The van der Waals surface area contributed by atoms with E-state index in [2.05, 4.69) is 16.9 Å². The van der Waals surface area contributed by atoms with Crippen LogP contribution in [0.15, 0.2) is 42.6 Å². The zero-order valence-electron chi connectivity index (χ0n) is 20.9. The van der Waals surface area contributed by atoms with Crippen LogP contribution in [-0.4, -0.2) is 75.3 Å². The van der Waals surface area contributed by atoms with Crippen molar-refractivity contribution in [1.82, 2.24) is 24.6 Å². The molecule has 2 aromatic heterocycles. The number of nitrogens with zero attached hydrogens (tertiary/aromatic N) is 5. The van der Waals surface area contributed by atoms with Crippen LogP contribution in [0, 0.1) is 0 Å². The lowest BCUT2D eigenvalue weighted by Crippen LogP contribution is -2.44. The van der Waals surface area contributed by atoms with Gasteiger partial charge in [-0.15, -0.1) is 0 Å². The molecule has 1 aliphatic heterocycles. The number of likely N-dealkylation sites (N-methyl/N-ethyl adjacent to an activating group) is 1. The van der Waals surface area contributed by atoms with Crippen molar-refractivity contribution in [1.29, 1.82) is 0 Å². The lowest BCUT2D eigenvalue weighted by atomic mass is 10.1. The number of aromatic nitrogens is 3. The highest BCUT2D eigenvalue weighted by Crippen LogP contribution is 2.27. The maximum atomic E-state index is 14.1. The second-order valence-corrected chi connectivity index (χ2v) is 8.85. The minimum absolute atomic E-state index is 0.0996. The molecule has 1 saturated heterocycles. The standard InChI is InChI=1S/C27H35N5O3/c1-4-30-15-10-13-21(30)19-31(16-14-25(33)35-6-3)27(34)22-17-24(20-11-8-7-9-12-20)29-26-23(22)18-28-32(26)5-2/h7-9,11-12,17-18,21H,4-6,10,13-16,19H2,1-3H3. The van der Waals surface area contributed by atoms with Gasteiger partial charge < -0.3 is 9.64 Å². The Bertz CT molecular complexity index is 1160. The average molecular weight is 478 g/mol. The van der Waals surface area contributed by atoms with E-state index >= 15 is 0 Å². The number of hydrogen-bond acceptors (Lipinski definition) is 6. The number of fused-ring (bicyclic) bond motifs is 1. The van der Waals surface area contributed by atoms with Gasteiger partial charge in [-0.3, -0.25) is 14.5 Å². The van der Waals surface area contributed by atoms with Gasteiger partial charge in [0.05, 0.1) is 35.9 Å². The fourth-order valence-electron chi connectivity index (χ4n) is 4.89. The van der Waals surface area contributed by atoms with E-state index in [0.29, 0.717) is 37.5 Å². The molecule has 1 amide bonds. The summed E-state index contributed by atoms with van der Waals surface area (Å²) in [6, 6.07) is 12.0. The fraction of sp³-hybridized carbons (Fsp3) is 0.481. The summed E-state index contributed by atoms with van der Waals surface area (Å²) in [5, 5.41) is 5.21. The largest absolute Gasteiger partial charge is 0.466 e. The van der Waals surface area contributed by atoms with E-state index in [1.165, 1.54) is 0 Å². The summed E-state index contributed by atoms with van der Waals surface area (Å²) in [7, 11) is 0. The number of aryl methyl sites for hydroxylation is 1. The van der Waals surface area contributed by atoms with Crippen LogP contribution in [0.4, 0.5) is 0 Å². The molecule has 1 aliphatic rings. The Morgan fingerprint density at radius 3 is 2.66 bits per heavy atom. The number of likely N-dealkylation sites (tertiary alicyclic amines) is 1. The van der Waals surface area contributed by atoms with Gasteiger partial charge in [-0.05, 0) is 45.8 Å². The van der Waals surface area contributed by atoms with Gasteiger partial charge in [0, 0.05) is 31.2 Å². The van der Waals surface area contributed by atoms with Crippen LogP contribution in [0.2, 0.25) is 0 Å². The molecule has 0 radical (unpaired) electrons. The molecule has 35 heavy (non-hydrogen) atoms. The highest BCUT2D eigenvalue weighted by atomic mass is 16.5. The van der Waals surface area contributed by atoms with Gasteiger partial charge in [-0.1, -0.05) is 37.3 Å². The number of amides is 1. The van der Waals surface area contributed by atoms with Crippen molar-refractivity contribution in [2.75, 3.05) is 32.8 Å². The van der Waals surface area contributed by atoms with Gasteiger partial charge in [0.25, 0.3) is 5.91 Å². The molecule has 3 aromatic rings. The number of esters is 1. The zero-order valence-corrected chi connectivity index (χ0v) is 20.9. The van der Waals surface area contributed by atoms with Crippen molar-refractivity contribution in [3.05, 3.63) is 48.2 Å². The molecule has 8 nitrogen and oxygen atoms in total. The van der Waals surface area contributed by atoms with E-state index in [1.54, 1.807) is 13.1 Å². The first-order valence-corrected chi connectivity index (χ1v) is 12.7. The predicted octanol–water partition coefficient (Wildman–Crippen LogP) is 4.00. The molecule has 3 heterocycles. The SMILES string of the molecule is CCOC(=O)CCN(CC1CCCN1CC)C(=O)c1cc(-c2ccccc2)nc2c1cnn2CC. The minimum atomic E-state index is -0.285. The molecule has 0 bridgehead atoms. The Labute approximate surface area is 206 Å². The lowest BCUT2D eigenvalue weighted by Gasteiger charge is -2.30. The molecule has 0 N–H and O–H groups in total. The van der Waals surface area contributed by atoms with Gasteiger partial charge in [-0.2, -0.15) is 5.10 Å². The molecule has 1 aromatic carbocycles. The summed E-state index contributed by atoms with van der Waals surface area (Å²) in [6.45, 7) is 9.84. The molecule has 8 heteroatoms. The van der Waals surface area contributed by atoms with Crippen LogP contribution in [0.1, 0.15) is 50.4 Å². The van der Waals surface area contributed by atoms with E-state index < -0.39 is 0 Å². The van der Waals surface area contributed by atoms with E-state index in [1.807, 2.05) is 52.9 Å². The third-order valence-corrected chi connectivity index (χ3v) is 6.72.